The van der Waals surface area contributed by atoms with Crippen molar-refractivity contribution in [3.63, 3.8) is 0 Å². The lowest BCUT2D eigenvalue weighted by Crippen LogP contribution is -2.34. The van der Waals surface area contributed by atoms with E-state index in [1.165, 1.54) is 0 Å². The number of benzene rings is 1. The Morgan fingerprint density at radius 1 is 1.37 bits per heavy atom. The first-order chi connectivity index (χ1) is 9.13. The molecule has 1 aromatic rings. The molecule has 0 radical (unpaired) electrons. The van der Waals surface area contributed by atoms with Crippen molar-refractivity contribution >= 4 is 12.0 Å². The Morgan fingerprint density at radius 3 is 3.00 bits per heavy atom. The fourth-order valence-corrected chi connectivity index (χ4v) is 2.12. The Morgan fingerprint density at radius 2 is 2.21 bits per heavy atom. The van der Waals surface area contributed by atoms with Crippen LogP contribution >= 0.6 is 0 Å². The Bertz CT molecular complexity index is 591. The SMILES string of the molecule is Cc1cc(N)ccc1OC1=CC2N(C)C=NN2C=C1. The summed E-state index contributed by atoms with van der Waals surface area (Å²) in [7, 11) is 1.98. The first-order valence-electron chi connectivity index (χ1n) is 6.12. The average molecular weight is 256 g/mol. The second-order valence-corrected chi connectivity index (χ2v) is 4.70. The number of anilines is 1. The van der Waals surface area contributed by atoms with Crippen LogP contribution in [-0.4, -0.2) is 29.5 Å². The zero-order valence-electron chi connectivity index (χ0n) is 10.9. The van der Waals surface area contributed by atoms with Crippen LogP contribution in [0.2, 0.25) is 0 Å². The lowest BCUT2D eigenvalue weighted by atomic mass is 10.2. The van der Waals surface area contributed by atoms with Crippen LogP contribution in [0.5, 0.6) is 5.75 Å². The number of nitrogen functional groups attached to an aromatic ring is 1. The predicted molar refractivity (Wildman–Crippen MR) is 75.3 cm³/mol. The van der Waals surface area contributed by atoms with E-state index in [0.29, 0.717) is 0 Å². The van der Waals surface area contributed by atoms with Gasteiger partial charge in [-0.2, -0.15) is 5.10 Å². The summed E-state index contributed by atoms with van der Waals surface area (Å²) in [6, 6.07) is 5.63. The van der Waals surface area contributed by atoms with E-state index in [4.69, 9.17) is 10.5 Å². The minimum absolute atomic E-state index is 0.0917. The smallest absolute Gasteiger partial charge is 0.146 e. The van der Waals surface area contributed by atoms with E-state index in [9.17, 15) is 0 Å². The molecule has 0 aromatic heterocycles. The third kappa shape index (κ3) is 2.14. The van der Waals surface area contributed by atoms with Gasteiger partial charge in [-0.3, -0.25) is 0 Å². The normalized spacial score (nSPS) is 20.5. The topological polar surface area (TPSA) is 54.1 Å². The fourth-order valence-electron chi connectivity index (χ4n) is 2.12. The summed E-state index contributed by atoms with van der Waals surface area (Å²) in [6.45, 7) is 1.98. The van der Waals surface area contributed by atoms with E-state index in [2.05, 4.69) is 5.10 Å². The molecule has 0 bridgehead atoms. The summed E-state index contributed by atoms with van der Waals surface area (Å²) < 4.78 is 5.91. The molecule has 0 saturated carbocycles. The number of rotatable bonds is 2. The zero-order chi connectivity index (χ0) is 13.4. The van der Waals surface area contributed by atoms with Crippen LogP contribution in [0.4, 0.5) is 5.69 Å². The Hall–Kier alpha value is -2.43. The average Bonchev–Trinajstić information content (AvgIpc) is 2.75. The maximum Gasteiger partial charge on any atom is 0.146 e. The van der Waals surface area contributed by atoms with E-state index in [1.54, 1.807) is 6.34 Å². The van der Waals surface area contributed by atoms with Gasteiger partial charge in [0.2, 0.25) is 0 Å². The molecule has 98 valence electrons. The molecular formula is C14H16N4O. The molecule has 2 heterocycles. The Kier molecular flexibility index (Phi) is 2.67. The van der Waals surface area contributed by atoms with Crippen molar-refractivity contribution in [2.75, 3.05) is 12.8 Å². The third-order valence-electron chi connectivity index (χ3n) is 3.19. The van der Waals surface area contributed by atoms with Crippen LogP contribution in [0.3, 0.4) is 0 Å². The van der Waals surface area contributed by atoms with E-state index in [1.807, 2.05) is 60.4 Å². The maximum absolute atomic E-state index is 5.91. The monoisotopic (exact) mass is 256 g/mol. The molecule has 1 atom stereocenters. The first-order valence-corrected chi connectivity index (χ1v) is 6.12. The van der Waals surface area contributed by atoms with Crippen molar-refractivity contribution in [2.24, 2.45) is 5.10 Å². The number of likely N-dealkylation sites (N-methyl/N-ethyl adjacent to an activating group) is 1. The van der Waals surface area contributed by atoms with Crippen LogP contribution < -0.4 is 10.5 Å². The molecule has 1 aromatic carbocycles. The van der Waals surface area contributed by atoms with E-state index >= 15 is 0 Å². The van der Waals surface area contributed by atoms with Gasteiger partial charge in [0.1, 0.15) is 24.0 Å². The molecule has 2 aliphatic rings. The van der Waals surface area contributed by atoms with Crippen molar-refractivity contribution < 1.29 is 4.74 Å². The Labute approximate surface area is 112 Å². The van der Waals surface area contributed by atoms with E-state index in [-0.39, 0.29) is 6.17 Å². The second kappa shape index (κ2) is 4.35. The summed E-state index contributed by atoms with van der Waals surface area (Å²) in [5, 5.41) is 6.12. The van der Waals surface area contributed by atoms with E-state index in [0.717, 1.165) is 22.8 Å². The highest BCUT2D eigenvalue weighted by Crippen LogP contribution is 2.26. The van der Waals surface area contributed by atoms with Crippen LogP contribution in [-0.2, 0) is 0 Å². The lowest BCUT2D eigenvalue weighted by Gasteiger charge is -2.26. The van der Waals surface area contributed by atoms with Gasteiger partial charge in [0.05, 0.1) is 0 Å². The number of ether oxygens (including phenoxy) is 1. The molecule has 2 aliphatic heterocycles. The van der Waals surface area contributed by atoms with Gasteiger partial charge in [-0.05, 0) is 36.8 Å². The van der Waals surface area contributed by atoms with Gasteiger partial charge in [0.25, 0.3) is 0 Å². The van der Waals surface area contributed by atoms with Crippen molar-refractivity contribution in [3.05, 3.63) is 47.9 Å². The van der Waals surface area contributed by atoms with Gasteiger partial charge >= 0.3 is 0 Å². The molecule has 1 unspecified atom stereocenters. The molecular weight excluding hydrogens is 240 g/mol. The highest BCUT2D eigenvalue weighted by molar-refractivity contribution is 5.58. The maximum atomic E-state index is 5.91. The molecule has 5 heteroatoms. The molecule has 0 fully saturated rings. The number of hydrazone groups is 1. The summed E-state index contributed by atoms with van der Waals surface area (Å²) in [4.78, 5) is 2.02. The second-order valence-electron chi connectivity index (χ2n) is 4.70. The van der Waals surface area contributed by atoms with Crippen molar-refractivity contribution in [1.29, 1.82) is 0 Å². The largest absolute Gasteiger partial charge is 0.457 e. The van der Waals surface area contributed by atoms with Gasteiger partial charge in [-0.25, -0.2) is 5.01 Å². The van der Waals surface area contributed by atoms with Gasteiger partial charge in [0, 0.05) is 25.0 Å². The molecule has 2 N–H and O–H groups in total. The highest BCUT2D eigenvalue weighted by Gasteiger charge is 2.25. The van der Waals surface area contributed by atoms with Gasteiger partial charge in [0.15, 0.2) is 0 Å². The highest BCUT2D eigenvalue weighted by atomic mass is 16.5. The third-order valence-corrected chi connectivity index (χ3v) is 3.19. The number of fused-ring (bicyclic) bond motifs is 1. The lowest BCUT2D eigenvalue weighted by molar-refractivity contribution is 0.243. The van der Waals surface area contributed by atoms with Crippen LogP contribution in [0.1, 0.15) is 5.56 Å². The van der Waals surface area contributed by atoms with Crippen LogP contribution in [0.25, 0.3) is 0 Å². The molecule has 0 aliphatic carbocycles. The molecule has 19 heavy (non-hydrogen) atoms. The Balaban J connectivity index is 1.81. The van der Waals surface area contributed by atoms with Crippen molar-refractivity contribution in [1.82, 2.24) is 9.91 Å². The molecule has 0 amide bonds. The fraction of sp³-hybridized carbons (Fsp3) is 0.214. The summed E-state index contributed by atoms with van der Waals surface area (Å²) in [6.07, 6.45) is 7.73. The predicted octanol–water partition coefficient (Wildman–Crippen LogP) is 1.88. The van der Waals surface area contributed by atoms with Crippen molar-refractivity contribution in [3.8, 4) is 5.75 Å². The zero-order valence-corrected chi connectivity index (χ0v) is 10.9. The first kappa shape index (κ1) is 11.6. The van der Waals surface area contributed by atoms with Gasteiger partial charge in [-0.15, -0.1) is 0 Å². The van der Waals surface area contributed by atoms with Gasteiger partial charge in [-0.1, -0.05) is 0 Å². The summed E-state index contributed by atoms with van der Waals surface area (Å²) >= 11 is 0. The van der Waals surface area contributed by atoms with E-state index < -0.39 is 0 Å². The molecule has 3 rings (SSSR count). The number of aryl methyl sites for hydroxylation is 1. The number of allylic oxidation sites excluding steroid dienone is 1. The molecule has 5 nitrogen and oxygen atoms in total. The quantitative estimate of drug-likeness (QED) is 0.821. The molecule has 0 saturated heterocycles. The van der Waals surface area contributed by atoms with Crippen LogP contribution in [0.15, 0.2) is 47.4 Å². The minimum atomic E-state index is 0.0917. The van der Waals surface area contributed by atoms with Crippen molar-refractivity contribution in [2.45, 2.75) is 13.1 Å². The van der Waals surface area contributed by atoms with Crippen LogP contribution in [0, 0.1) is 6.92 Å². The summed E-state index contributed by atoms with van der Waals surface area (Å²) in [5.74, 6) is 1.63. The number of nitrogens with zero attached hydrogens (tertiary/aromatic N) is 3. The number of nitrogens with two attached hydrogens (primary N) is 1. The summed E-state index contributed by atoms with van der Waals surface area (Å²) in [5.41, 5.74) is 7.50. The molecule has 0 spiro atoms. The van der Waals surface area contributed by atoms with Gasteiger partial charge < -0.3 is 15.4 Å². The number of hydrogen-bond donors (Lipinski definition) is 1. The number of hydrogen-bond acceptors (Lipinski definition) is 5. The standard InChI is InChI=1S/C14H16N4O/c1-10-7-11(15)3-4-13(10)19-12-5-6-18-14(8-12)17(2)9-16-18/h3-9,14H,15H2,1-2H3. The minimum Gasteiger partial charge on any atom is -0.457 e.